The lowest BCUT2D eigenvalue weighted by atomic mass is 9.93. The number of hydrogen-bond acceptors (Lipinski definition) is 7. The summed E-state index contributed by atoms with van der Waals surface area (Å²) in [5.74, 6) is -2.04. The summed E-state index contributed by atoms with van der Waals surface area (Å²) in [7, 11) is 0. The SMILES string of the molecule is C=Nc1ccc(COc2c3n(ccc2=O)N([C@@H]2c4ccccc4SCc4c2ccc(F)c4F)[C@@H]2COCCN2C3=O)cc1. The zero-order valence-corrected chi connectivity index (χ0v) is 23.7. The van der Waals surface area contributed by atoms with Crippen molar-refractivity contribution in [3.63, 3.8) is 0 Å². The number of carbonyl (C=O) groups excluding carboxylic acids is 1. The summed E-state index contributed by atoms with van der Waals surface area (Å²) in [6, 6.07) is 18.3. The standard InChI is InChI=1S/C32H26F2N4O4S/c1-35-20-8-6-19(7-9-20)16-42-31-25(39)12-13-37-30(31)32(40)36-14-15-41-17-27(36)38(37)29-21-10-11-24(33)28(34)23(21)18-43-26-5-3-2-4-22(26)29/h2-13,27,29H,1,14-18H2/t27-,29+/m1/s1. The molecule has 1 fully saturated rings. The maximum Gasteiger partial charge on any atom is 0.278 e. The molecule has 8 nitrogen and oxygen atoms in total. The summed E-state index contributed by atoms with van der Waals surface area (Å²) < 4.78 is 43.5. The van der Waals surface area contributed by atoms with E-state index >= 15 is 4.39 Å². The lowest BCUT2D eigenvalue weighted by Crippen LogP contribution is -2.66. The number of ether oxygens (including phenoxy) is 2. The fourth-order valence-corrected chi connectivity index (χ4v) is 7.08. The number of fused-ring (bicyclic) bond motifs is 4. The van der Waals surface area contributed by atoms with Crippen LogP contribution in [0.15, 0.2) is 87.6 Å². The second kappa shape index (κ2) is 11.0. The van der Waals surface area contributed by atoms with Crippen LogP contribution in [0.5, 0.6) is 5.75 Å². The minimum Gasteiger partial charge on any atom is -0.482 e. The van der Waals surface area contributed by atoms with Crippen molar-refractivity contribution in [2.75, 3.05) is 24.8 Å². The number of pyridine rings is 1. The zero-order valence-electron chi connectivity index (χ0n) is 22.9. The van der Waals surface area contributed by atoms with Gasteiger partial charge in [0.25, 0.3) is 5.91 Å². The highest BCUT2D eigenvalue weighted by atomic mass is 32.2. The molecule has 2 atom stereocenters. The third-order valence-corrected chi connectivity index (χ3v) is 9.15. The fourth-order valence-electron chi connectivity index (χ4n) is 5.96. The first-order chi connectivity index (χ1) is 21.0. The van der Waals surface area contributed by atoms with E-state index in [4.69, 9.17) is 9.47 Å². The van der Waals surface area contributed by atoms with Crippen LogP contribution in [-0.4, -0.2) is 48.1 Å². The number of thioether (sulfide) groups is 1. The Bertz CT molecular complexity index is 1810. The van der Waals surface area contributed by atoms with E-state index in [-0.39, 0.29) is 48.4 Å². The number of aromatic nitrogens is 1. The van der Waals surface area contributed by atoms with Gasteiger partial charge in [0.15, 0.2) is 23.1 Å². The molecule has 0 aliphatic carbocycles. The van der Waals surface area contributed by atoms with E-state index in [1.807, 2.05) is 41.4 Å². The molecule has 3 aliphatic rings. The largest absolute Gasteiger partial charge is 0.482 e. The summed E-state index contributed by atoms with van der Waals surface area (Å²) >= 11 is 1.43. The lowest BCUT2D eigenvalue weighted by molar-refractivity contribution is -0.0199. The second-order valence-electron chi connectivity index (χ2n) is 10.4. The Balaban J connectivity index is 1.42. The van der Waals surface area contributed by atoms with Gasteiger partial charge in [-0.1, -0.05) is 36.4 Å². The molecule has 1 amide bonds. The number of hydrogen-bond donors (Lipinski definition) is 0. The molecule has 0 spiro atoms. The van der Waals surface area contributed by atoms with Crippen LogP contribution in [0.2, 0.25) is 0 Å². The molecule has 4 heterocycles. The number of aliphatic imine (C=N–C) groups is 1. The Morgan fingerprint density at radius 2 is 1.84 bits per heavy atom. The van der Waals surface area contributed by atoms with E-state index in [1.54, 1.807) is 34.0 Å². The predicted octanol–water partition coefficient (Wildman–Crippen LogP) is 5.18. The number of benzene rings is 3. The smallest absolute Gasteiger partial charge is 0.278 e. The molecule has 43 heavy (non-hydrogen) atoms. The summed E-state index contributed by atoms with van der Waals surface area (Å²) in [5.41, 5.74) is 2.78. The van der Waals surface area contributed by atoms with Crippen molar-refractivity contribution < 1.29 is 23.0 Å². The molecule has 1 saturated heterocycles. The molecule has 0 unspecified atom stereocenters. The van der Waals surface area contributed by atoms with Crippen LogP contribution in [0.3, 0.4) is 0 Å². The highest BCUT2D eigenvalue weighted by Crippen LogP contribution is 2.45. The molecule has 0 bridgehead atoms. The Kier molecular flexibility index (Phi) is 6.98. The van der Waals surface area contributed by atoms with Crippen molar-refractivity contribution in [1.82, 2.24) is 9.58 Å². The first kappa shape index (κ1) is 27.4. The minimum absolute atomic E-state index is 0.0414. The topological polar surface area (TPSA) is 76.4 Å². The van der Waals surface area contributed by atoms with Gasteiger partial charge in [-0.25, -0.2) is 8.78 Å². The first-order valence-electron chi connectivity index (χ1n) is 13.8. The number of carbonyl (C=O) groups is 1. The van der Waals surface area contributed by atoms with Gasteiger partial charge in [0.2, 0.25) is 5.43 Å². The summed E-state index contributed by atoms with van der Waals surface area (Å²) in [6.07, 6.45) is 0.948. The summed E-state index contributed by atoms with van der Waals surface area (Å²) in [4.78, 5) is 33.8. The van der Waals surface area contributed by atoms with Crippen LogP contribution in [0.25, 0.3) is 0 Å². The summed E-state index contributed by atoms with van der Waals surface area (Å²) in [5, 5.41) is 1.92. The third-order valence-electron chi connectivity index (χ3n) is 8.04. The van der Waals surface area contributed by atoms with Crippen molar-refractivity contribution in [2.24, 2.45) is 4.99 Å². The van der Waals surface area contributed by atoms with Crippen LogP contribution in [0.4, 0.5) is 14.5 Å². The van der Waals surface area contributed by atoms with Crippen LogP contribution < -0.4 is 15.2 Å². The molecule has 3 aliphatic heterocycles. The van der Waals surface area contributed by atoms with E-state index in [0.29, 0.717) is 17.9 Å². The van der Waals surface area contributed by atoms with E-state index in [1.165, 1.54) is 17.8 Å². The van der Waals surface area contributed by atoms with Crippen LogP contribution in [0, 0.1) is 11.6 Å². The van der Waals surface area contributed by atoms with Crippen molar-refractivity contribution in [3.05, 3.63) is 123 Å². The van der Waals surface area contributed by atoms with Gasteiger partial charge in [0.1, 0.15) is 12.8 Å². The maximum absolute atomic E-state index is 15.4. The van der Waals surface area contributed by atoms with E-state index in [0.717, 1.165) is 22.1 Å². The van der Waals surface area contributed by atoms with Gasteiger partial charge < -0.3 is 14.4 Å². The number of amides is 1. The van der Waals surface area contributed by atoms with Gasteiger partial charge in [0.05, 0.1) is 24.9 Å². The van der Waals surface area contributed by atoms with Gasteiger partial charge in [-0.3, -0.25) is 24.3 Å². The molecule has 3 aromatic carbocycles. The second-order valence-corrected chi connectivity index (χ2v) is 11.4. The fraction of sp³-hybridized carbons (Fsp3) is 0.219. The normalized spacial score (nSPS) is 19.1. The molecule has 11 heteroatoms. The average Bonchev–Trinajstić information content (AvgIpc) is 3.20. The molecule has 7 rings (SSSR count). The molecule has 4 aromatic rings. The zero-order chi connectivity index (χ0) is 29.7. The Labute approximate surface area is 250 Å². The number of morpholine rings is 1. The van der Waals surface area contributed by atoms with Gasteiger partial charge in [-0.15, -0.1) is 11.8 Å². The van der Waals surface area contributed by atoms with E-state index in [2.05, 4.69) is 11.7 Å². The quantitative estimate of drug-likeness (QED) is 0.294. The molecular formula is C32H26F2N4O4S. The molecule has 0 saturated carbocycles. The van der Waals surface area contributed by atoms with Gasteiger partial charge in [-0.05, 0) is 47.7 Å². The molecule has 0 radical (unpaired) electrons. The Morgan fingerprint density at radius 1 is 1.02 bits per heavy atom. The minimum atomic E-state index is -0.919. The molecule has 218 valence electrons. The molecular weight excluding hydrogens is 574 g/mol. The van der Waals surface area contributed by atoms with Crippen molar-refractivity contribution in [2.45, 2.75) is 29.5 Å². The van der Waals surface area contributed by atoms with Crippen LogP contribution in [0.1, 0.15) is 38.8 Å². The average molecular weight is 601 g/mol. The lowest BCUT2D eigenvalue weighted by Gasteiger charge is -2.51. The van der Waals surface area contributed by atoms with Gasteiger partial charge in [0, 0.05) is 35.0 Å². The Hall–Kier alpha value is -4.48. The van der Waals surface area contributed by atoms with Crippen LogP contribution in [-0.2, 0) is 17.1 Å². The number of nitrogens with zero attached hydrogens (tertiary/aromatic N) is 4. The van der Waals surface area contributed by atoms with Gasteiger partial charge >= 0.3 is 0 Å². The van der Waals surface area contributed by atoms with Crippen molar-refractivity contribution in [3.8, 4) is 5.75 Å². The van der Waals surface area contributed by atoms with E-state index in [9.17, 15) is 14.0 Å². The molecule has 1 aromatic heterocycles. The third kappa shape index (κ3) is 4.59. The van der Waals surface area contributed by atoms with E-state index < -0.39 is 29.3 Å². The highest BCUT2D eigenvalue weighted by molar-refractivity contribution is 7.98. The number of rotatable bonds is 5. The summed E-state index contributed by atoms with van der Waals surface area (Å²) in [6.45, 7) is 4.35. The van der Waals surface area contributed by atoms with Crippen molar-refractivity contribution >= 4 is 30.1 Å². The number of halogens is 2. The van der Waals surface area contributed by atoms with Gasteiger partial charge in [-0.2, -0.15) is 0 Å². The maximum atomic E-state index is 15.4. The monoisotopic (exact) mass is 600 g/mol. The van der Waals surface area contributed by atoms with Crippen molar-refractivity contribution in [1.29, 1.82) is 0 Å². The Morgan fingerprint density at radius 3 is 2.65 bits per heavy atom. The predicted molar refractivity (Wildman–Crippen MR) is 159 cm³/mol. The highest BCUT2D eigenvalue weighted by Gasteiger charge is 2.46. The first-order valence-corrected chi connectivity index (χ1v) is 14.7. The van der Waals surface area contributed by atoms with Crippen LogP contribution >= 0.6 is 11.8 Å². The molecule has 0 N–H and O–H groups in total.